The van der Waals surface area contributed by atoms with Crippen LogP contribution in [0.2, 0.25) is 0 Å². The minimum atomic E-state index is -4.79. The fourth-order valence-corrected chi connectivity index (χ4v) is 2.06. The molecule has 0 amide bonds. The SMILES string of the molecule is C/C(N)=C/C1=NC(N)=CCN=C1c1c(O)cc(C(F)(F)F)cc1F. The van der Waals surface area contributed by atoms with Crippen LogP contribution in [-0.2, 0) is 6.18 Å². The van der Waals surface area contributed by atoms with Crippen molar-refractivity contribution in [3.05, 3.63) is 52.7 Å². The Kier molecular flexibility index (Phi) is 4.63. The minimum Gasteiger partial charge on any atom is -0.507 e. The second kappa shape index (κ2) is 6.34. The van der Waals surface area contributed by atoms with Gasteiger partial charge < -0.3 is 16.6 Å². The third kappa shape index (κ3) is 3.73. The molecule has 0 fully saturated rings. The number of phenolic OH excluding ortho intramolecular Hbond substituents is 1. The summed E-state index contributed by atoms with van der Waals surface area (Å²) in [5.74, 6) is -2.09. The molecule has 0 atom stereocenters. The lowest BCUT2D eigenvalue weighted by Crippen LogP contribution is -2.18. The van der Waals surface area contributed by atoms with Crippen LogP contribution in [0.4, 0.5) is 17.6 Å². The Bertz CT molecular complexity index is 764. The molecule has 9 heteroatoms. The highest BCUT2D eigenvalue weighted by molar-refractivity contribution is 6.52. The van der Waals surface area contributed by atoms with Crippen molar-refractivity contribution < 1.29 is 22.7 Å². The lowest BCUT2D eigenvalue weighted by atomic mass is 10.0. The van der Waals surface area contributed by atoms with Crippen LogP contribution in [0, 0.1) is 5.82 Å². The van der Waals surface area contributed by atoms with Crippen LogP contribution in [0.5, 0.6) is 5.75 Å². The van der Waals surface area contributed by atoms with Crippen molar-refractivity contribution >= 4 is 11.4 Å². The van der Waals surface area contributed by atoms with Gasteiger partial charge in [0.05, 0.1) is 29.1 Å². The Morgan fingerprint density at radius 1 is 1.33 bits per heavy atom. The monoisotopic (exact) mass is 342 g/mol. The van der Waals surface area contributed by atoms with Gasteiger partial charge in [-0.25, -0.2) is 9.38 Å². The van der Waals surface area contributed by atoms with Crippen LogP contribution in [0.15, 0.2) is 45.8 Å². The number of aliphatic imine (C=N–C) groups is 2. The van der Waals surface area contributed by atoms with Gasteiger partial charge in [-0.05, 0) is 31.2 Å². The topological polar surface area (TPSA) is 97.0 Å². The maximum Gasteiger partial charge on any atom is 0.416 e. The van der Waals surface area contributed by atoms with Crippen molar-refractivity contribution in [2.75, 3.05) is 6.54 Å². The van der Waals surface area contributed by atoms with E-state index in [2.05, 4.69) is 9.98 Å². The summed E-state index contributed by atoms with van der Waals surface area (Å²) in [6.45, 7) is 1.55. The van der Waals surface area contributed by atoms with E-state index in [1.807, 2.05) is 0 Å². The van der Waals surface area contributed by atoms with E-state index in [-0.39, 0.29) is 29.9 Å². The molecule has 0 saturated heterocycles. The zero-order valence-corrected chi connectivity index (χ0v) is 12.5. The lowest BCUT2D eigenvalue weighted by Gasteiger charge is -2.13. The first-order chi connectivity index (χ1) is 11.1. The van der Waals surface area contributed by atoms with E-state index in [1.165, 1.54) is 19.1 Å². The Hall–Kier alpha value is -2.84. The number of phenols is 1. The van der Waals surface area contributed by atoms with Gasteiger partial charge in [0.2, 0.25) is 0 Å². The highest BCUT2D eigenvalue weighted by atomic mass is 19.4. The molecule has 0 radical (unpaired) electrons. The molecule has 24 heavy (non-hydrogen) atoms. The van der Waals surface area contributed by atoms with Crippen molar-refractivity contribution in [3.63, 3.8) is 0 Å². The van der Waals surface area contributed by atoms with Gasteiger partial charge in [0.25, 0.3) is 0 Å². The van der Waals surface area contributed by atoms with Gasteiger partial charge in [0.1, 0.15) is 17.4 Å². The Labute approximate surface area is 134 Å². The fraction of sp³-hybridized carbons (Fsp3) is 0.200. The third-order valence-corrected chi connectivity index (χ3v) is 3.04. The number of alkyl halides is 3. The molecule has 2 rings (SSSR count). The average molecular weight is 342 g/mol. The normalized spacial score (nSPS) is 16.2. The zero-order chi connectivity index (χ0) is 18.1. The van der Waals surface area contributed by atoms with Crippen LogP contribution in [0.1, 0.15) is 18.1 Å². The highest BCUT2D eigenvalue weighted by Crippen LogP contribution is 2.34. The van der Waals surface area contributed by atoms with E-state index in [9.17, 15) is 22.7 Å². The van der Waals surface area contributed by atoms with E-state index in [0.29, 0.717) is 11.8 Å². The Morgan fingerprint density at radius 3 is 2.54 bits per heavy atom. The Balaban J connectivity index is 2.64. The molecule has 0 bridgehead atoms. The minimum absolute atomic E-state index is 0.0194. The number of nitrogens with two attached hydrogens (primary N) is 2. The maximum absolute atomic E-state index is 14.3. The fourth-order valence-electron chi connectivity index (χ4n) is 2.06. The number of benzene rings is 1. The average Bonchev–Trinajstić information content (AvgIpc) is 2.58. The predicted octanol–water partition coefficient (Wildman–Crippen LogP) is 2.46. The number of allylic oxidation sites excluding steroid dienone is 2. The van der Waals surface area contributed by atoms with E-state index >= 15 is 0 Å². The van der Waals surface area contributed by atoms with Crippen LogP contribution in [0.3, 0.4) is 0 Å². The number of nitrogens with zero attached hydrogens (tertiary/aromatic N) is 2. The summed E-state index contributed by atoms with van der Waals surface area (Å²) in [4.78, 5) is 8.04. The molecular weight excluding hydrogens is 328 g/mol. The summed E-state index contributed by atoms with van der Waals surface area (Å²) in [7, 11) is 0. The second-order valence-electron chi connectivity index (χ2n) is 5.05. The van der Waals surface area contributed by atoms with Crippen molar-refractivity contribution in [1.82, 2.24) is 0 Å². The van der Waals surface area contributed by atoms with Crippen LogP contribution < -0.4 is 11.5 Å². The van der Waals surface area contributed by atoms with Gasteiger partial charge in [0.15, 0.2) is 0 Å². The maximum atomic E-state index is 14.3. The van der Waals surface area contributed by atoms with E-state index in [4.69, 9.17) is 11.5 Å². The molecular formula is C15H14F4N4O. The van der Waals surface area contributed by atoms with Crippen LogP contribution in [-0.4, -0.2) is 23.1 Å². The predicted molar refractivity (Wildman–Crippen MR) is 82.1 cm³/mol. The molecule has 1 heterocycles. The molecule has 5 N–H and O–H groups in total. The summed E-state index contributed by atoms with van der Waals surface area (Å²) in [6, 6.07) is 0.717. The van der Waals surface area contributed by atoms with Gasteiger partial charge in [0, 0.05) is 5.70 Å². The molecule has 1 aliphatic heterocycles. The summed E-state index contributed by atoms with van der Waals surface area (Å²) < 4.78 is 52.4. The zero-order valence-electron chi connectivity index (χ0n) is 12.5. The molecule has 128 valence electrons. The van der Waals surface area contributed by atoms with Crippen molar-refractivity contribution in [3.8, 4) is 5.75 Å². The molecule has 0 unspecified atom stereocenters. The van der Waals surface area contributed by atoms with Gasteiger partial charge in [-0.15, -0.1) is 0 Å². The lowest BCUT2D eigenvalue weighted by molar-refractivity contribution is -0.137. The quantitative estimate of drug-likeness (QED) is 0.720. The molecule has 0 aromatic heterocycles. The highest BCUT2D eigenvalue weighted by Gasteiger charge is 2.33. The molecule has 0 spiro atoms. The van der Waals surface area contributed by atoms with Gasteiger partial charge in [-0.1, -0.05) is 0 Å². The molecule has 0 aliphatic carbocycles. The van der Waals surface area contributed by atoms with E-state index < -0.39 is 28.9 Å². The van der Waals surface area contributed by atoms with Gasteiger partial charge in [-0.3, -0.25) is 4.99 Å². The first-order valence-electron chi connectivity index (χ1n) is 6.72. The summed E-state index contributed by atoms with van der Waals surface area (Å²) in [5.41, 5.74) is 9.59. The van der Waals surface area contributed by atoms with Crippen molar-refractivity contribution in [1.29, 1.82) is 0 Å². The summed E-state index contributed by atoms with van der Waals surface area (Å²) >= 11 is 0. The van der Waals surface area contributed by atoms with Crippen molar-refractivity contribution in [2.24, 2.45) is 21.5 Å². The van der Waals surface area contributed by atoms with Crippen molar-refractivity contribution in [2.45, 2.75) is 13.1 Å². The third-order valence-electron chi connectivity index (χ3n) is 3.04. The standard InChI is InChI=1S/C15H14F4N4O/c1-7(20)4-10-14(22-3-2-12(21)23-10)13-9(16)5-8(6-11(13)24)15(17,18)19/h2,4-6,24H,3,20-21H2,1H3/b7-4-. The van der Waals surface area contributed by atoms with E-state index in [0.717, 1.165) is 0 Å². The molecule has 1 aliphatic rings. The van der Waals surface area contributed by atoms with Gasteiger partial charge >= 0.3 is 6.18 Å². The number of hydrogen-bond donors (Lipinski definition) is 3. The Morgan fingerprint density at radius 2 is 2.00 bits per heavy atom. The molecule has 0 saturated carbocycles. The van der Waals surface area contributed by atoms with E-state index in [1.54, 1.807) is 0 Å². The first-order valence-corrected chi connectivity index (χ1v) is 6.72. The summed E-state index contributed by atoms with van der Waals surface area (Å²) in [5, 5.41) is 9.92. The number of aromatic hydroxyl groups is 1. The molecule has 5 nitrogen and oxygen atoms in total. The van der Waals surface area contributed by atoms with Crippen LogP contribution in [0.25, 0.3) is 0 Å². The molecule has 1 aromatic rings. The molecule has 1 aromatic carbocycles. The van der Waals surface area contributed by atoms with Crippen LogP contribution >= 0.6 is 0 Å². The summed E-state index contributed by atoms with van der Waals surface area (Å²) in [6.07, 6.45) is -2.02. The number of rotatable bonds is 2. The second-order valence-corrected chi connectivity index (χ2v) is 5.05. The number of hydrogen-bond acceptors (Lipinski definition) is 5. The first kappa shape index (κ1) is 17.5. The smallest absolute Gasteiger partial charge is 0.416 e. The van der Waals surface area contributed by atoms with Gasteiger partial charge in [-0.2, -0.15) is 13.2 Å². The largest absolute Gasteiger partial charge is 0.507 e. The number of halogens is 4.